The molecule has 1 saturated heterocycles. The highest BCUT2D eigenvalue weighted by Crippen LogP contribution is 2.50. The average Bonchev–Trinajstić information content (AvgIpc) is 3.28. The fraction of sp³-hybridized carbons (Fsp3) is 0.458. The molecule has 1 saturated carbocycles. The van der Waals surface area contributed by atoms with Gasteiger partial charge in [-0.1, -0.05) is 0 Å². The molecule has 1 spiro atoms. The lowest BCUT2D eigenvalue weighted by Gasteiger charge is -2.39. The molecule has 3 aromatic rings. The van der Waals surface area contributed by atoms with Gasteiger partial charge in [0.05, 0.1) is 43.0 Å². The molecule has 2 N–H and O–H groups in total. The second kappa shape index (κ2) is 9.40. The number of aromatic amines is 1. The number of ether oxygens (including phenoxy) is 1. The van der Waals surface area contributed by atoms with E-state index in [2.05, 4.69) is 25.6 Å². The minimum Gasteiger partial charge on any atom is -0.481 e. The number of carbonyl (C=O) groups excluding carboxylic acids is 2. The number of piperidine rings is 1. The lowest BCUT2D eigenvalue weighted by Crippen LogP contribution is -2.50. The Hall–Kier alpha value is -3.97. The molecular formula is C24H25F4N7O3. The summed E-state index contributed by atoms with van der Waals surface area (Å²) < 4.78 is 60.1. The van der Waals surface area contributed by atoms with E-state index in [1.807, 2.05) is 0 Å². The van der Waals surface area contributed by atoms with Crippen LogP contribution in [-0.2, 0) is 24.6 Å². The van der Waals surface area contributed by atoms with Gasteiger partial charge in [0.15, 0.2) is 5.82 Å². The fourth-order valence-corrected chi connectivity index (χ4v) is 5.02. The lowest BCUT2D eigenvalue weighted by atomic mass is 9.88. The molecule has 14 heteroatoms. The largest absolute Gasteiger partial charge is 0.481 e. The van der Waals surface area contributed by atoms with E-state index in [1.165, 1.54) is 26.3 Å². The first-order valence-corrected chi connectivity index (χ1v) is 12.0. The number of nitrogens with one attached hydrogen (secondary N) is 2. The Labute approximate surface area is 214 Å². The molecule has 2 fully saturated rings. The number of halogens is 4. The maximum absolute atomic E-state index is 14.3. The maximum Gasteiger partial charge on any atom is 0.419 e. The third-order valence-electron chi connectivity index (χ3n) is 7.26. The zero-order chi connectivity index (χ0) is 27.2. The predicted octanol–water partition coefficient (Wildman–Crippen LogP) is 3.07. The van der Waals surface area contributed by atoms with Crippen molar-refractivity contribution in [1.82, 2.24) is 35.2 Å². The van der Waals surface area contributed by atoms with Gasteiger partial charge in [-0.2, -0.15) is 23.4 Å². The van der Waals surface area contributed by atoms with Crippen LogP contribution in [0.3, 0.4) is 0 Å². The number of H-pyrrole nitrogens is 1. The zero-order valence-electron chi connectivity index (χ0n) is 20.6. The number of nitrogens with zero attached hydrogens (tertiary/aromatic N) is 5. The van der Waals surface area contributed by atoms with Crippen LogP contribution in [0.2, 0.25) is 0 Å². The van der Waals surface area contributed by atoms with Crippen molar-refractivity contribution < 1.29 is 31.9 Å². The molecule has 1 aliphatic carbocycles. The van der Waals surface area contributed by atoms with Crippen LogP contribution in [-0.4, -0.2) is 60.9 Å². The number of hydrogen-bond donors (Lipinski definition) is 2. The molecule has 0 bridgehead atoms. The SMILES string of the molecule is COc1cc(-c2cc(C(=O)N3CCC(C(=O)NCc4c(C(F)(F)F)cnn4C)CC34CC4)[nH]n2)c(F)cn1. The third-order valence-corrected chi connectivity index (χ3v) is 7.26. The molecule has 4 heterocycles. The number of pyridine rings is 1. The van der Waals surface area contributed by atoms with Crippen LogP contribution < -0.4 is 10.1 Å². The van der Waals surface area contributed by atoms with Crippen molar-refractivity contribution in [2.75, 3.05) is 13.7 Å². The second-order valence-electron chi connectivity index (χ2n) is 9.59. The van der Waals surface area contributed by atoms with E-state index in [0.29, 0.717) is 32.2 Å². The van der Waals surface area contributed by atoms with Crippen LogP contribution in [0, 0.1) is 11.7 Å². The van der Waals surface area contributed by atoms with Crippen molar-refractivity contribution in [3.05, 3.63) is 47.3 Å². The minimum absolute atomic E-state index is 0.127. The highest BCUT2D eigenvalue weighted by atomic mass is 19.4. The van der Waals surface area contributed by atoms with Crippen molar-refractivity contribution in [3.63, 3.8) is 0 Å². The van der Waals surface area contributed by atoms with Gasteiger partial charge < -0.3 is 15.0 Å². The van der Waals surface area contributed by atoms with Crippen LogP contribution in [0.25, 0.3) is 11.3 Å². The van der Waals surface area contributed by atoms with E-state index in [-0.39, 0.29) is 46.9 Å². The van der Waals surface area contributed by atoms with Gasteiger partial charge in [-0.05, 0) is 31.7 Å². The summed E-state index contributed by atoms with van der Waals surface area (Å²) >= 11 is 0. The number of amides is 2. The van der Waals surface area contributed by atoms with Crippen LogP contribution in [0.1, 0.15) is 47.4 Å². The summed E-state index contributed by atoms with van der Waals surface area (Å²) in [5, 5.41) is 13.0. The Kier molecular flexibility index (Phi) is 6.35. The number of aromatic nitrogens is 5. The number of aryl methyl sites for hydroxylation is 1. The standard InChI is InChI=1S/C24H25F4N7O3/c1-34-19(15(10-31-34)24(26,27)28)12-30-21(36)13-3-6-35(23(9-13)4-5-23)22(37)18-8-17(32-33-18)14-7-20(38-2)29-11-16(14)25/h7-8,10-11,13H,3-6,9,12H2,1-2H3,(H,30,36)(H,32,33). The Balaban J connectivity index is 1.25. The average molecular weight is 536 g/mol. The molecule has 3 aromatic heterocycles. The van der Waals surface area contributed by atoms with Gasteiger partial charge in [-0.25, -0.2) is 9.37 Å². The predicted molar refractivity (Wildman–Crippen MR) is 124 cm³/mol. The van der Waals surface area contributed by atoms with Gasteiger partial charge in [-0.15, -0.1) is 0 Å². The normalized spacial score (nSPS) is 18.5. The molecule has 38 heavy (non-hydrogen) atoms. The smallest absolute Gasteiger partial charge is 0.419 e. The van der Waals surface area contributed by atoms with Crippen LogP contribution in [0.15, 0.2) is 24.5 Å². The summed E-state index contributed by atoms with van der Waals surface area (Å²) in [5.74, 6) is -1.53. The fourth-order valence-electron chi connectivity index (χ4n) is 5.02. The highest BCUT2D eigenvalue weighted by Gasteiger charge is 2.54. The molecular weight excluding hydrogens is 510 g/mol. The van der Waals surface area contributed by atoms with Gasteiger partial charge in [0, 0.05) is 36.7 Å². The Bertz CT molecular complexity index is 1380. The van der Waals surface area contributed by atoms with Crippen molar-refractivity contribution >= 4 is 11.8 Å². The van der Waals surface area contributed by atoms with Gasteiger partial charge in [-0.3, -0.25) is 19.4 Å². The third kappa shape index (κ3) is 4.70. The van der Waals surface area contributed by atoms with Crippen molar-refractivity contribution in [2.45, 2.75) is 43.9 Å². The first kappa shape index (κ1) is 25.7. The molecule has 202 valence electrons. The summed E-state index contributed by atoms with van der Waals surface area (Å²) in [7, 11) is 2.79. The summed E-state index contributed by atoms with van der Waals surface area (Å²) in [6.45, 7) is -0.00812. The van der Waals surface area contributed by atoms with Gasteiger partial charge in [0.2, 0.25) is 11.8 Å². The van der Waals surface area contributed by atoms with Crippen LogP contribution in [0.4, 0.5) is 17.6 Å². The summed E-state index contributed by atoms with van der Waals surface area (Å²) in [4.78, 5) is 31.7. The molecule has 2 aliphatic rings. The summed E-state index contributed by atoms with van der Waals surface area (Å²) in [6, 6.07) is 2.84. The molecule has 1 unspecified atom stereocenters. The monoisotopic (exact) mass is 535 g/mol. The lowest BCUT2D eigenvalue weighted by molar-refractivity contribution is -0.138. The van der Waals surface area contributed by atoms with E-state index >= 15 is 0 Å². The number of rotatable bonds is 6. The van der Waals surface area contributed by atoms with Crippen LogP contribution in [0.5, 0.6) is 5.88 Å². The minimum atomic E-state index is -4.57. The van der Waals surface area contributed by atoms with E-state index in [4.69, 9.17) is 4.74 Å². The first-order valence-electron chi connectivity index (χ1n) is 12.0. The molecule has 0 radical (unpaired) electrons. The number of carbonyl (C=O) groups is 2. The molecule has 1 aliphatic heterocycles. The van der Waals surface area contributed by atoms with Crippen molar-refractivity contribution in [3.8, 4) is 17.1 Å². The number of alkyl halides is 3. The number of hydrogen-bond acceptors (Lipinski definition) is 6. The quantitative estimate of drug-likeness (QED) is 0.469. The molecule has 10 nitrogen and oxygen atoms in total. The van der Waals surface area contributed by atoms with Crippen molar-refractivity contribution in [1.29, 1.82) is 0 Å². The highest BCUT2D eigenvalue weighted by molar-refractivity contribution is 5.94. The van der Waals surface area contributed by atoms with Crippen molar-refractivity contribution in [2.24, 2.45) is 13.0 Å². The van der Waals surface area contributed by atoms with Gasteiger partial charge in [0.1, 0.15) is 5.69 Å². The molecule has 0 aromatic carbocycles. The summed E-state index contributed by atoms with van der Waals surface area (Å²) in [6.07, 6.45) is -0.644. The van der Waals surface area contributed by atoms with Crippen LogP contribution >= 0.6 is 0 Å². The number of methoxy groups -OCH3 is 1. The maximum atomic E-state index is 14.3. The Morgan fingerprint density at radius 1 is 1.26 bits per heavy atom. The zero-order valence-corrected chi connectivity index (χ0v) is 20.6. The molecule has 1 atom stereocenters. The van der Waals surface area contributed by atoms with E-state index < -0.39 is 29.0 Å². The molecule has 5 rings (SSSR count). The van der Waals surface area contributed by atoms with E-state index in [0.717, 1.165) is 17.1 Å². The van der Waals surface area contributed by atoms with E-state index in [1.54, 1.807) is 4.90 Å². The second-order valence-corrected chi connectivity index (χ2v) is 9.59. The van der Waals surface area contributed by atoms with Gasteiger partial charge >= 0.3 is 6.18 Å². The molecule has 2 amide bonds. The first-order chi connectivity index (χ1) is 18.0. The Morgan fingerprint density at radius 2 is 2.03 bits per heavy atom. The van der Waals surface area contributed by atoms with E-state index in [9.17, 15) is 27.2 Å². The topological polar surface area (TPSA) is 118 Å². The number of likely N-dealkylation sites (tertiary alicyclic amines) is 1. The summed E-state index contributed by atoms with van der Waals surface area (Å²) in [5.41, 5.74) is -0.983. The van der Waals surface area contributed by atoms with Gasteiger partial charge in [0.25, 0.3) is 5.91 Å². The Morgan fingerprint density at radius 3 is 2.71 bits per heavy atom.